The molecule has 0 amide bonds. The Kier molecular flexibility index (Phi) is 4.66. The molecule has 0 bridgehead atoms. The maximum atomic E-state index is 9.68. The lowest BCUT2D eigenvalue weighted by atomic mass is 10.1. The molecule has 0 spiro atoms. The van der Waals surface area contributed by atoms with E-state index in [1.807, 2.05) is 41.6 Å². The highest BCUT2D eigenvalue weighted by Gasteiger charge is 2.20. The number of thioether (sulfide) groups is 1. The van der Waals surface area contributed by atoms with Gasteiger partial charge in [-0.3, -0.25) is 0 Å². The van der Waals surface area contributed by atoms with Crippen LogP contribution >= 0.6 is 11.8 Å². The summed E-state index contributed by atoms with van der Waals surface area (Å²) in [7, 11) is 0. The first-order valence-electron chi connectivity index (χ1n) is 7.67. The third-order valence-electron chi connectivity index (χ3n) is 4.23. The van der Waals surface area contributed by atoms with Gasteiger partial charge in [0.2, 0.25) is 0 Å². The fourth-order valence-electron chi connectivity index (χ4n) is 2.99. The lowest BCUT2D eigenvalue weighted by Gasteiger charge is -2.11. The molecule has 2 aromatic rings. The van der Waals surface area contributed by atoms with E-state index in [0.29, 0.717) is 0 Å². The zero-order valence-electron chi connectivity index (χ0n) is 12.5. The van der Waals surface area contributed by atoms with Gasteiger partial charge in [0, 0.05) is 11.3 Å². The van der Waals surface area contributed by atoms with E-state index in [1.165, 1.54) is 25.7 Å². The molecule has 1 saturated carbocycles. The summed E-state index contributed by atoms with van der Waals surface area (Å²) in [5.74, 6) is 1.95. The average Bonchev–Trinajstić information content (AvgIpc) is 3.13. The molecule has 1 aromatic carbocycles. The first-order valence-corrected chi connectivity index (χ1v) is 8.65. The van der Waals surface area contributed by atoms with Crippen molar-refractivity contribution >= 4 is 11.8 Å². The van der Waals surface area contributed by atoms with Crippen molar-refractivity contribution in [3.8, 4) is 5.69 Å². The average molecular weight is 302 g/mol. The predicted octanol–water partition coefficient (Wildman–Crippen LogP) is 3.96. The van der Waals surface area contributed by atoms with Crippen LogP contribution < -0.4 is 0 Å². The van der Waals surface area contributed by atoms with Gasteiger partial charge in [-0.1, -0.05) is 31.0 Å². The van der Waals surface area contributed by atoms with E-state index >= 15 is 0 Å². The minimum Gasteiger partial charge on any atom is -0.392 e. The van der Waals surface area contributed by atoms with E-state index in [1.54, 1.807) is 0 Å². The summed E-state index contributed by atoms with van der Waals surface area (Å²) in [5.41, 5.74) is 2.96. The molecule has 0 saturated heterocycles. The Morgan fingerprint density at radius 3 is 2.62 bits per heavy atom. The van der Waals surface area contributed by atoms with Crippen LogP contribution in [0.3, 0.4) is 0 Å². The Balaban J connectivity index is 1.88. The number of aromatic nitrogens is 2. The molecule has 21 heavy (non-hydrogen) atoms. The van der Waals surface area contributed by atoms with Crippen LogP contribution in [0.1, 0.15) is 36.9 Å². The summed E-state index contributed by atoms with van der Waals surface area (Å²) in [4.78, 5) is 0. The fraction of sp³-hybridized carbons (Fsp3) is 0.471. The van der Waals surface area contributed by atoms with Gasteiger partial charge in [0.15, 0.2) is 0 Å². The van der Waals surface area contributed by atoms with Gasteiger partial charge in [-0.2, -0.15) is 5.10 Å². The van der Waals surface area contributed by atoms with Crippen LogP contribution in [0.4, 0.5) is 0 Å². The summed E-state index contributed by atoms with van der Waals surface area (Å²) >= 11 is 1.85. The molecule has 1 aliphatic carbocycles. The summed E-state index contributed by atoms with van der Waals surface area (Å²) in [6.07, 6.45) is 5.43. The molecule has 112 valence electrons. The Morgan fingerprint density at radius 1 is 1.24 bits per heavy atom. The summed E-state index contributed by atoms with van der Waals surface area (Å²) in [6, 6.07) is 10.2. The lowest BCUT2D eigenvalue weighted by molar-refractivity contribution is 0.278. The molecule has 0 atom stereocenters. The maximum Gasteiger partial charge on any atom is 0.106 e. The smallest absolute Gasteiger partial charge is 0.106 e. The predicted molar refractivity (Wildman–Crippen MR) is 86.9 cm³/mol. The van der Waals surface area contributed by atoms with Crippen LogP contribution in [0.15, 0.2) is 35.4 Å². The van der Waals surface area contributed by atoms with Gasteiger partial charge in [0.25, 0.3) is 0 Å². The lowest BCUT2D eigenvalue weighted by Crippen LogP contribution is -2.02. The van der Waals surface area contributed by atoms with Crippen LogP contribution in [0.2, 0.25) is 0 Å². The van der Waals surface area contributed by atoms with Crippen molar-refractivity contribution in [3.63, 3.8) is 0 Å². The topological polar surface area (TPSA) is 38.0 Å². The number of para-hydroxylation sites is 1. The van der Waals surface area contributed by atoms with Crippen molar-refractivity contribution in [2.75, 3.05) is 5.75 Å². The number of aliphatic hydroxyl groups excluding tert-OH is 1. The van der Waals surface area contributed by atoms with Crippen LogP contribution in [0.25, 0.3) is 5.69 Å². The zero-order chi connectivity index (χ0) is 14.7. The van der Waals surface area contributed by atoms with Crippen LogP contribution in [0.5, 0.6) is 0 Å². The van der Waals surface area contributed by atoms with Gasteiger partial charge < -0.3 is 5.11 Å². The Labute approximate surface area is 130 Å². The molecule has 1 aliphatic rings. The quantitative estimate of drug-likeness (QED) is 0.850. The molecule has 1 heterocycles. The number of hydrogen-bond acceptors (Lipinski definition) is 3. The Hall–Kier alpha value is -1.26. The summed E-state index contributed by atoms with van der Waals surface area (Å²) in [6.45, 7) is 2.04. The van der Waals surface area contributed by atoms with E-state index in [-0.39, 0.29) is 6.61 Å². The number of aliphatic hydroxyl groups is 1. The largest absolute Gasteiger partial charge is 0.392 e. The van der Waals surface area contributed by atoms with Gasteiger partial charge in [-0.05, 0) is 37.8 Å². The highest BCUT2D eigenvalue weighted by atomic mass is 32.2. The standard InChI is InChI=1S/C17H22N2OS/c1-13-16(11-20)17(21-12-14-7-5-6-8-14)19(18-13)15-9-3-2-4-10-15/h2-4,9-10,14,20H,5-8,11-12H2,1H3. The van der Waals surface area contributed by atoms with Gasteiger partial charge >= 0.3 is 0 Å². The number of nitrogens with zero attached hydrogens (tertiary/aromatic N) is 2. The molecule has 1 N–H and O–H groups in total. The first kappa shape index (κ1) is 14.7. The van der Waals surface area contributed by atoms with Crippen LogP contribution in [-0.2, 0) is 6.61 Å². The van der Waals surface area contributed by atoms with Crippen LogP contribution in [0, 0.1) is 12.8 Å². The Morgan fingerprint density at radius 2 is 1.95 bits per heavy atom. The van der Waals surface area contributed by atoms with Crippen molar-refractivity contribution in [1.82, 2.24) is 9.78 Å². The summed E-state index contributed by atoms with van der Waals surface area (Å²) < 4.78 is 1.99. The summed E-state index contributed by atoms with van der Waals surface area (Å²) in [5, 5.41) is 15.4. The minimum absolute atomic E-state index is 0.0612. The second kappa shape index (κ2) is 6.67. The molecule has 0 aliphatic heterocycles. The van der Waals surface area contributed by atoms with Crippen molar-refractivity contribution in [2.24, 2.45) is 5.92 Å². The fourth-order valence-corrected chi connectivity index (χ4v) is 4.37. The first-order chi connectivity index (χ1) is 10.3. The van der Waals surface area contributed by atoms with E-state index < -0.39 is 0 Å². The van der Waals surface area contributed by atoms with E-state index in [9.17, 15) is 5.11 Å². The van der Waals surface area contributed by atoms with Crippen molar-refractivity contribution in [2.45, 2.75) is 44.2 Å². The van der Waals surface area contributed by atoms with Crippen LogP contribution in [-0.4, -0.2) is 20.6 Å². The van der Waals surface area contributed by atoms with E-state index in [0.717, 1.165) is 33.6 Å². The molecule has 1 fully saturated rings. The van der Waals surface area contributed by atoms with Crippen molar-refractivity contribution in [3.05, 3.63) is 41.6 Å². The third kappa shape index (κ3) is 3.16. The second-order valence-electron chi connectivity index (χ2n) is 5.74. The number of hydrogen-bond donors (Lipinski definition) is 1. The van der Waals surface area contributed by atoms with Gasteiger partial charge in [-0.25, -0.2) is 4.68 Å². The van der Waals surface area contributed by atoms with E-state index in [2.05, 4.69) is 17.2 Å². The maximum absolute atomic E-state index is 9.68. The highest BCUT2D eigenvalue weighted by molar-refractivity contribution is 7.99. The highest BCUT2D eigenvalue weighted by Crippen LogP contribution is 2.34. The second-order valence-corrected chi connectivity index (χ2v) is 6.74. The minimum atomic E-state index is 0.0612. The third-order valence-corrected chi connectivity index (χ3v) is 5.56. The monoisotopic (exact) mass is 302 g/mol. The van der Waals surface area contributed by atoms with Gasteiger partial charge in [-0.15, -0.1) is 11.8 Å². The molecular formula is C17H22N2OS. The SMILES string of the molecule is Cc1nn(-c2ccccc2)c(SCC2CCCC2)c1CO. The molecule has 0 unspecified atom stereocenters. The molecule has 3 rings (SSSR count). The van der Waals surface area contributed by atoms with Crippen molar-refractivity contribution < 1.29 is 5.11 Å². The van der Waals surface area contributed by atoms with Crippen molar-refractivity contribution in [1.29, 1.82) is 0 Å². The molecular weight excluding hydrogens is 280 g/mol. The van der Waals surface area contributed by atoms with E-state index in [4.69, 9.17) is 0 Å². The molecule has 0 radical (unpaired) electrons. The molecule has 4 heteroatoms. The number of rotatable bonds is 5. The molecule has 3 nitrogen and oxygen atoms in total. The molecule has 1 aromatic heterocycles. The number of benzene rings is 1. The zero-order valence-corrected chi connectivity index (χ0v) is 13.3. The Bertz CT molecular complexity index is 588. The van der Waals surface area contributed by atoms with Gasteiger partial charge in [0.1, 0.15) is 5.03 Å². The number of aryl methyl sites for hydroxylation is 1. The van der Waals surface area contributed by atoms with Gasteiger partial charge in [0.05, 0.1) is 18.0 Å². The normalized spacial score (nSPS) is 15.7.